The number of fused-ring (bicyclic) bond motifs is 3. The van der Waals surface area contributed by atoms with Gasteiger partial charge in [-0.3, -0.25) is 0 Å². The number of hydrogen-bond acceptors (Lipinski definition) is 2. The Balaban J connectivity index is 1.81. The molecule has 128 valence electrons. The molecule has 0 aromatic heterocycles. The number of sulfonamides is 1. The summed E-state index contributed by atoms with van der Waals surface area (Å²) in [7, 11) is -3.47. The van der Waals surface area contributed by atoms with Crippen LogP contribution in [0.4, 0.5) is 0 Å². The molecule has 2 atom stereocenters. The molecule has 0 radical (unpaired) electrons. The summed E-state index contributed by atoms with van der Waals surface area (Å²) < 4.78 is 28.7. The molecule has 0 spiro atoms. The quantitative estimate of drug-likeness (QED) is 0.809. The molecule has 4 heteroatoms. The van der Waals surface area contributed by atoms with Gasteiger partial charge in [0, 0.05) is 18.0 Å². The van der Waals surface area contributed by atoms with Crippen molar-refractivity contribution in [3.8, 4) is 0 Å². The second-order valence-corrected chi connectivity index (χ2v) is 10.6. The van der Waals surface area contributed by atoms with Crippen LogP contribution in [0.2, 0.25) is 0 Å². The molecule has 0 amide bonds. The first-order chi connectivity index (χ1) is 11.2. The van der Waals surface area contributed by atoms with E-state index in [0.717, 1.165) is 30.0 Å². The molecule has 2 aliphatic rings. The van der Waals surface area contributed by atoms with E-state index in [1.807, 2.05) is 36.4 Å². The van der Waals surface area contributed by atoms with E-state index >= 15 is 0 Å². The van der Waals surface area contributed by atoms with Crippen molar-refractivity contribution in [1.29, 1.82) is 0 Å². The van der Waals surface area contributed by atoms with Gasteiger partial charge in [0.05, 0.1) is 4.90 Å². The maximum atomic E-state index is 13.5. The van der Waals surface area contributed by atoms with Crippen molar-refractivity contribution >= 4 is 20.8 Å². The van der Waals surface area contributed by atoms with E-state index in [-0.39, 0.29) is 16.9 Å². The monoisotopic (exact) mass is 343 g/mol. The molecule has 2 aromatic rings. The number of rotatable bonds is 2. The maximum absolute atomic E-state index is 13.5. The lowest BCUT2D eigenvalue weighted by Gasteiger charge is -2.39. The van der Waals surface area contributed by atoms with Crippen LogP contribution in [-0.2, 0) is 10.0 Å². The molecule has 1 aliphatic heterocycles. The van der Waals surface area contributed by atoms with Crippen LogP contribution < -0.4 is 0 Å². The van der Waals surface area contributed by atoms with Gasteiger partial charge in [-0.25, -0.2) is 8.42 Å². The molecule has 0 N–H and O–H groups in total. The molecule has 1 heterocycles. The van der Waals surface area contributed by atoms with Crippen LogP contribution >= 0.6 is 0 Å². The normalized spacial score (nSPS) is 29.9. The van der Waals surface area contributed by atoms with Crippen LogP contribution in [0.25, 0.3) is 10.8 Å². The van der Waals surface area contributed by atoms with Gasteiger partial charge in [-0.1, -0.05) is 57.2 Å². The number of benzene rings is 2. The van der Waals surface area contributed by atoms with Gasteiger partial charge in [-0.05, 0) is 41.5 Å². The van der Waals surface area contributed by atoms with Crippen LogP contribution in [0.3, 0.4) is 0 Å². The van der Waals surface area contributed by atoms with E-state index in [4.69, 9.17) is 0 Å². The van der Waals surface area contributed by atoms with Gasteiger partial charge in [-0.2, -0.15) is 4.31 Å². The molecular weight excluding hydrogens is 318 g/mol. The van der Waals surface area contributed by atoms with Crippen LogP contribution in [0, 0.1) is 10.8 Å². The summed E-state index contributed by atoms with van der Waals surface area (Å²) in [5.74, 6) is 0. The molecule has 2 unspecified atom stereocenters. The topological polar surface area (TPSA) is 37.4 Å². The molecular formula is C20H25NO2S. The first-order valence-electron chi connectivity index (χ1n) is 8.70. The fourth-order valence-electron chi connectivity index (χ4n) is 5.24. The van der Waals surface area contributed by atoms with E-state index in [1.54, 1.807) is 10.4 Å². The lowest BCUT2D eigenvalue weighted by Crippen LogP contribution is -2.37. The summed E-state index contributed by atoms with van der Waals surface area (Å²) >= 11 is 0. The average Bonchev–Trinajstić information content (AvgIpc) is 2.76. The van der Waals surface area contributed by atoms with Crippen molar-refractivity contribution in [1.82, 2.24) is 4.31 Å². The van der Waals surface area contributed by atoms with Crippen molar-refractivity contribution in [2.45, 2.75) is 51.0 Å². The standard InChI is InChI=1S/C20H25NO2S/c1-19(2)11-16-12-20(3,13-19)14-21(16)24(22,23)18-10-6-8-15-7-4-5-9-17(15)18/h4-10,16H,11-14H2,1-3H3. The summed E-state index contributed by atoms with van der Waals surface area (Å²) in [6, 6.07) is 13.5. The second-order valence-electron chi connectivity index (χ2n) is 8.74. The Labute approximate surface area is 144 Å². The van der Waals surface area contributed by atoms with E-state index in [9.17, 15) is 8.42 Å². The zero-order valence-electron chi connectivity index (χ0n) is 14.6. The zero-order chi connectivity index (χ0) is 17.2. The lowest BCUT2D eigenvalue weighted by molar-refractivity contribution is 0.133. The molecule has 2 fully saturated rings. The first-order valence-corrected chi connectivity index (χ1v) is 10.1. The third-order valence-electron chi connectivity index (χ3n) is 5.70. The summed E-state index contributed by atoms with van der Waals surface area (Å²) in [6.45, 7) is 7.43. The molecule has 2 aromatic carbocycles. The smallest absolute Gasteiger partial charge is 0.207 e. The van der Waals surface area contributed by atoms with Gasteiger partial charge in [0.15, 0.2) is 0 Å². The van der Waals surface area contributed by atoms with Crippen molar-refractivity contribution in [2.75, 3.05) is 6.54 Å². The minimum absolute atomic E-state index is 0.101. The highest BCUT2D eigenvalue weighted by molar-refractivity contribution is 7.89. The Bertz CT molecular complexity index is 897. The zero-order valence-corrected chi connectivity index (χ0v) is 15.4. The predicted octanol–water partition coefficient (Wildman–Crippen LogP) is 4.43. The fourth-order valence-corrected chi connectivity index (χ4v) is 7.23. The van der Waals surface area contributed by atoms with E-state index in [2.05, 4.69) is 20.8 Å². The van der Waals surface area contributed by atoms with Crippen LogP contribution in [-0.4, -0.2) is 25.3 Å². The highest BCUT2D eigenvalue weighted by atomic mass is 32.2. The SMILES string of the molecule is CC1(C)CC2CC(C)(CN2S(=O)(=O)c2cccc3ccccc23)C1. The van der Waals surface area contributed by atoms with Gasteiger partial charge in [0.25, 0.3) is 0 Å². The highest BCUT2D eigenvalue weighted by Gasteiger charge is 2.53. The first kappa shape index (κ1) is 16.1. The fraction of sp³-hybridized carbons (Fsp3) is 0.500. The van der Waals surface area contributed by atoms with Crippen LogP contribution in [0.5, 0.6) is 0 Å². The Morgan fingerprint density at radius 3 is 2.50 bits per heavy atom. The molecule has 4 rings (SSSR count). The third-order valence-corrected chi connectivity index (χ3v) is 7.66. The number of hydrogen-bond donors (Lipinski definition) is 0. The Morgan fingerprint density at radius 1 is 1.00 bits per heavy atom. The Kier molecular flexibility index (Phi) is 3.39. The van der Waals surface area contributed by atoms with Crippen molar-refractivity contribution in [2.24, 2.45) is 10.8 Å². The predicted molar refractivity (Wildman–Crippen MR) is 97.4 cm³/mol. The molecule has 3 nitrogen and oxygen atoms in total. The minimum atomic E-state index is -3.47. The molecule has 1 saturated heterocycles. The minimum Gasteiger partial charge on any atom is -0.207 e. The highest BCUT2D eigenvalue weighted by Crippen LogP contribution is 2.53. The Morgan fingerprint density at radius 2 is 1.71 bits per heavy atom. The average molecular weight is 343 g/mol. The lowest BCUT2D eigenvalue weighted by atomic mass is 9.65. The van der Waals surface area contributed by atoms with Gasteiger partial charge >= 0.3 is 0 Å². The summed E-state index contributed by atoms with van der Waals surface area (Å²) in [6.07, 6.45) is 3.03. The number of nitrogens with zero attached hydrogens (tertiary/aromatic N) is 1. The van der Waals surface area contributed by atoms with E-state index in [0.29, 0.717) is 11.4 Å². The third kappa shape index (κ3) is 2.47. The van der Waals surface area contributed by atoms with Crippen molar-refractivity contribution < 1.29 is 8.42 Å². The maximum Gasteiger partial charge on any atom is 0.243 e. The second kappa shape index (κ2) is 5.06. The van der Waals surface area contributed by atoms with Crippen molar-refractivity contribution in [3.63, 3.8) is 0 Å². The summed E-state index contributed by atoms with van der Waals surface area (Å²) in [4.78, 5) is 0.453. The molecule has 24 heavy (non-hydrogen) atoms. The molecule has 1 saturated carbocycles. The van der Waals surface area contributed by atoms with Gasteiger partial charge in [0.1, 0.15) is 0 Å². The van der Waals surface area contributed by atoms with Gasteiger partial charge in [-0.15, -0.1) is 0 Å². The summed E-state index contributed by atoms with van der Waals surface area (Å²) in [5.41, 5.74) is 0.310. The Hall–Kier alpha value is -1.39. The van der Waals surface area contributed by atoms with Crippen LogP contribution in [0.15, 0.2) is 47.4 Å². The van der Waals surface area contributed by atoms with Crippen molar-refractivity contribution in [3.05, 3.63) is 42.5 Å². The van der Waals surface area contributed by atoms with Gasteiger partial charge < -0.3 is 0 Å². The van der Waals surface area contributed by atoms with E-state index in [1.165, 1.54) is 0 Å². The largest absolute Gasteiger partial charge is 0.243 e. The molecule has 1 aliphatic carbocycles. The van der Waals surface area contributed by atoms with Gasteiger partial charge in [0.2, 0.25) is 10.0 Å². The van der Waals surface area contributed by atoms with E-state index < -0.39 is 10.0 Å². The molecule has 2 bridgehead atoms. The van der Waals surface area contributed by atoms with Crippen LogP contribution in [0.1, 0.15) is 40.0 Å². The summed E-state index contributed by atoms with van der Waals surface area (Å²) in [5, 5.41) is 1.80.